The zero-order valence-electron chi connectivity index (χ0n) is 45.4. The fraction of sp³-hybridized carbons (Fsp3) is 0.600. The van der Waals surface area contributed by atoms with Crippen molar-refractivity contribution in [3.8, 4) is 0 Å². The van der Waals surface area contributed by atoms with Crippen molar-refractivity contribution < 1.29 is 67.0 Å². The minimum absolute atomic E-state index is 0.000686. The fourth-order valence-corrected chi connectivity index (χ4v) is 13.4. The summed E-state index contributed by atoms with van der Waals surface area (Å²) >= 11 is 0. The molecule has 3 aliphatic heterocycles. The molecule has 2 saturated heterocycles. The third kappa shape index (κ3) is 12.3. The monoisotopic (exact) mass is 1080 g/mol. The Bertz CT molecular complexity index is 2600. The maximum absolute atomic E-state index is 14.7. The van der Waals surface area contributed by atoms with Gasteiger partial charge in [-0.25, -0.2) is 0 Å². The molecule has 0 radical (unpaired) electrons. The molecule has 3 heterocycles. The lowest BCUT2D eigenvalue weighted by molar-refractivity contribution is -0.459. The number of ether oxygens (including phenoxy) is 7. The SMILES string of the molecule is CCCC1OC2C[C@H]3C4CCC5=CC(=O)C=CC5(C)C4C([O-])CC3(C)[C@]2(C(=O)COC2CCN2C(=O)CNC(=O)CCOCCOCCOCCOCCNC(=O)CCC(=O)N2Cc3ccccc3/C=C\c3ccccc32)O1. The van der Waals surface area contributed by atoms with Gasteiger partial charge >= 0.3 is 0 Å². The molecule has 0 spiro atoms. The first-order chi connectivity index (χ1) is 37.8. The molecular formula is C60H77N4O14-. The number of carbonyl (C=O) groups is 6. The Morgan fingerprint density at radius 2 is 1.49 bits per heavy atom. The predicted molar refractivity (Wildman–Crippen MR) is 286 cm³/mol. The van der Waals surface area contributed by atoms with Crippen molar-refractivity contribution in [2.24, 2.45) is 28.6 Å². The predicted octanol–water partition coefficient (Wildman–Crippen LogP) is 4.85. The van der Waals surface area contributed by atoms with Crippen molar-refractivity contribution in [2.75, 3.05) is 84.0 Å². The van der Waals surface area contributed by atoms with Crippen molar-refractivity contribution in [3.05, 3.63) is 89.0 Å². The third-order valence-electron chi connectivity index (χ3n) is 17.4. The van der Waals surface area contributed by atoms with Gasteiger partial charge in [-0.1, -0.05) is 99.9 Å². The lowest BCUT2D eigenvalue weighted by Gasteiger charge is -2.63. The zero-order chi connectivity index (χ0) is 54.9. The number of nitrogens with zero attached hydrogens (tertiary/aromatic N) is 2. The molecule has 0 bridgehead atoms. The van der Waals surface area contributed by atoms with E-state index in [4.69, 9.17) is 33.2 Å². The maximum atomic E-state index is 14.7. The number of allylic oxidation sites excluding steroid dienone is 4. The largest absolute Gasteiger partial charge is 0.852 e. The number of para-hydroxylation sites is 1. The first-order valence-electron chi connectivity index (χ1n) is 28.1. The standard InChI is InChI=1S/C60H77N4O14/c1-4-9-56-77-50-35-46-45-17-16-43-34-44(65)20-23-58(43,2)57(45)48(66)36-59(46,3)60(50,78-56)49(67)39-76-55-21-25-63(55)54(71)37-62-52(69)22-26-72-28-30-74-32-33-75-31-29-73-27-24-61-51(68)18-19-53(70)64-38-42-12-6-5-10-40(42)14-15-41-11-7-8-13-47(41)64/h5-8,10-15,20,23,34,45-46,48,50,55-57H,4,9,16-19,21-22,24-33,35-39H2,1-3H3,(H,61,68)(H,62,69)/q-1/b15-14-/t45?,46-,48?,50?,55?,56?,57?,58?,59?,60+/m0/s1. The maximum Gasteiger partial charge on any atom is 0.244 e. The number of amides is 4. The smallest absolute Gasteiger partial charge is 0.244 e. The van der Waals surface area contributed by atoms with E-state index in [1.54, 1.807) is 17.1 Å². The topological polar surface area (TPSA) is 221 Å². The normalized spacial score (nSPS) is 29.8. The molecule has 10 atom stereocenters. The lowest BCUT2D eigenvalue weighted by Crippen LogP contribution is -2.66. The van der Waals surface area contributed by atoms with Crippen molar-refractivity contribution in [2.45, 2.75) is 122 Å². The Balaban J connectivity index is 0.596. The Morgan fingerprint density at radius 1 is 0.795 bits per heavy atom. The van der Waals surface area contributed by atoms with Crippen molar-refractivity contribution in [1.82, 2.24) is 15.5 Å². The van der Waals surface area contributed by atoms with Gasteiger partial charge in [-0.2, -0.15) is 0 Å². The van der Waals surface area contributed by atoms with Gasteiger partial charge in [0.25, 0.3) is 0 Å². The third-order valence-corrected chi connectivity index (χ3v) is 17.4. The summed E-state index contributed by atoms with van der Waals surface area (Å²) in [5, 5.41) is 20.0. The van der Waals surface area contributed by atoms with Gasteiger partial charge in [0.1, 0.15) is 12.8 Å². The second-order valence-electron chi connectivity index (χ2n) is 22.1. The molecule has 422 valence electrons. The molecule has 9 rings (SSSR count). The van der Waals surface area contributed by atoms with E-state index in [0.717, 1.165) is 47.2 Å². The van der Waals surface area contributed by atoms with Crippen LogP contribution in [0.5, 0.6) is 0 Å². The molecule has 2 N–H and O–H groups in total. The number of anilines is 1. The van der Waals surface area contributed by atoms with Crippen LogP contribution in [0.3, 0.4) is 0 Å². The summed E-state index contributed by atoms with van der Waals surface area (Å²) in [5.41, 5.74) is 2.22. The molecule has 2 aromatic rings. The van der Waals surface area contributed by atoms with Gasteiger partial charge in [-0.3, -0.25) is 28.8 Å². The molecule has 4 amide bonds. The average Bonchev–Trinajstić information content (AvgIpc) is 3.07. The van der Waals surface area contributed by atoms with E-state index < -0.39 is 41.2 Å². The van der Waals surface area contributed by atoms with Crippen LogP contribution in [0.1, 0.15) is 102 Å². The summed E-state index contributed by atoms with van der Waals surface area (Å²) in [4.78, 5) is 82.0. The summed E-state index contributed by atoms with van der Waals surface area (Å²) in [6.07, 6.45) is 11.1. The molecule has 0 aromatic heterocycles. The molecule has 3 saturated carbocycles. The van der Waals surface area contributed by atoms with E-state index in [1.165, 1.54) is 4.90 Å². The van der Waals surface area contributed by atoms with Gasteiger partial charge in [-0.05, 0) is 78.3 Å². The molecule has 7 aliphatic rings. The van der Waals surface area contributed by atoms with Crippen LogP contribution < -0.4 is 20.6 Å². The molecule has 78 heavy (non-hydrogen) atoms. The number of ketones is 2. The molecular weight excluding hydrogens is 1000 g/mol. The summed E-state index contributed by atoms with van der Waals surface area (Å²) in [6.45, 7) is 9.21. The second-order valence-corrected chi connectivity index (χ2v) is 22.1. The minimum atomic E-state index is -1.36. The van der Waals surface area contributed by atoms with Gasteiger partial charge in [0.05, 0.1) is 77.7 Å². The van der Waals surface area contributed by atoms with Gasteiger partial charge in [-0.15, -0.1) is 6.10 Å². The highest BCUT2D eigenvalue weighted by Gasteiger charge is 2.75. The van der Waals surface area contributed by atoms with Crippen LogP contribution >= 0.6 is 0 Å². The first kappa shape index (κ1) is 57.3. The number of Topliss-reactive ketones (excluding diaryl/α,β-unsaturated/α-hetero) is 1. The van der Waals surface area contributed by atoms with Crippen LogP contribution in [0.25, 0.3) is 12.2 Å². The van der Waals surface area contributed by atoms with Crippen LogP contribution in [-0.4, -0.2) is 150 Å². The van der Waals surface area contributed by atoms with E-state index in [-0.39, 0.29) is 105 Å². The second kappa shape index (κ2) is 25.8. The number of carbonyl (C=O) groups excluding carboxylic acids is 6. The van der Waals surface area contributed by atoms with Crippen LogP contribution in [0.2, 0.25) is 0 Å². The highest BCUT2D eigenvalue weighted by atomic mass is 16.7. The van der Waals surface area contributed by atoms with Gasteiger partial charge in [0.2, 0.25) is 23.6 Å². The zero-order valence-corrected chi connectivity index (χ0v) is 45.4. The highest BCUT2D eigenvalue weighted by molar-refractivity contribution is 6.01. The van der Waals surface area contributed by atoms with Gasteiger partial charge in [0, 0.05) is 49.6 Å². The van der Waals surface area contributed by atoms with Crippen LogP contribution in [0, 0.1) is 28.6 Å². The van der Waals surface area contributed by atoms with Crippen LogP contribution in [0.4, 0.5) is 5.69 Å². The molecule has 5 fully saturated rings. The van der Waals surface area contributed by atoms with E-state index in [1.807, 2.05) is 74.5 Å². The number of likely N-dealkylation sites (tertiary alicyclic amines) is 1. The van der Waals surface area contributed by atoms with Crippen molar-refractivity contribution >= 4 is 53.0 Å². The van der Waals surface area contributed by atoms with E-state index in [9.17, 15) is 33.9 Å². The van der Waals surface area contributed by atoms with Crippen LogP contribution in [-0.2, 0) is 68.5 Å². The van der Waals surface area contributed by atoms with E-state index in [0.29, 0.717) is 78.5 Å². The number of benzene rings is 2. The number of hydrogen-bond acceptors (Lipinski definition) is 14. The Labute approximate surface area is 457 Å². The summed E-state index contributed by atoms with van der Waals surface area (Å²) in [5.74, 6) is -1.49. The van der Waals surface area contributed by atoms with Crippen molar-refractivity contribution in [3.63, 3.8) is 0 Å². The average molecular weight is 1080 g/mol. The molecule has 4 aliphatic carbocycles. The summed E-state index contributed by atoms with van der Waals surface area (Å²) in [6, 6.07) is 15.7. The van der Waals surface area contributed by atoms with Gasteiger partial charge in [0.15, 0.2) is 23.5 Å². The van der Waals surface area contributed by atoms with Crippen LogP contribution in [0.15, 0.2) is 72.3 Å². The molecule has 18 nitrogen and oxygen atoms in total. The number of nitrogens with one attached hydrogen (secondary N) is 2. The first-order valence-corrected chi connectivity index (χ1v) is 28.1. The Morgan fingerprint density at radius 3 is 2.23 bits per heavy atom. The fourth-order valence-electron chi connectivity index (χ4n) is 13.4. The molecule has 18 heteroatoms. The Hall–Kier alpha value is -5.44. The van der Waals surface area contributed by atoms with E-state index in [2.05, 4.69) is 23.6 Å². The minimum Gasteiger partial charge on any atom is -0.852 e. The Kier molecular flexibility index (Phi) is 18.9. The van der Waals surface area contributed by atoms with Crippen molar-refractivity contribution in [1.29, 1.82) is 0 Å². The quantitative estimate of drug-likeness (QED) is 0.120. The van der Waals surface area contributed by atoms with Gasteiger partial charge < -0.3 is 58.7 Å². The summed E-state index contributed by atoms with van der Waals surface area (Å²) in [7, 11) is 0. The summed E-state index contributed by atoms with van der Waals surface area (Å²) < 4.78 is 41.7. The molecule has 8 unspecified atom stereocenters. The highest BCUT2D eigenvalue weighted by Crippen LogP contribution is 2.69. The molecule has 2 aromatic carbocycles. The lowest BCUT2D eigenvalue weighted by atomic mass is 9.46. The number of fused-ring (bicyclic) bond motifs is 9. The van der Waals surface area contributed by atoms with E-state index >= 15 is 0 Å². The number of hydrogen-bond donors (Lipinski definition) is 2. The number of rotatable bonds is 26.